The summed E-state index contributed by atoms with van der Waals surface area (Å²) in [5, 5.41) is 14.0. The number of nitrogens with one attached hydrogen (secondary N) is 1. The largest absolute Gasteiger partial charge is 0.349 e. The van der Waals surface area contributed by atoms with Crippen LogP contribution in [-0.4, -0.2) is 16.9 Å². The van der Waals surface area contributed by atoms with Crippen molar-refractivity contribution in [1.82, 2.24) is 5.32 Å². The maximum Gasteiger partial charge on any atom is 0.282 e. The molecule has 2 bridgehead atoms. The first-order valence-electron chi connectivity index (χ1n) is 7.60. The number of carbonyl (C=O) groups excluding carboxylic acids is 1. The Morgan fingerprint density at radius 1 is 1.33 bits per heavy atom. The minimum absolute atomic E-state index is 0.0765. The summed E-state index contributed by atoms with van der Waals surface area (Å²) in [5.74, 6) is 1.73. The monoisotopic (exact) mass is 288 g/mol. The number of hydrogen-bond acceptors (Lipinski definition) is 3. The summed E-state index contributed by atoms with van der Waals surface area (Å²) in [5.41, 5.74) is 0.0210. The zero-order valence-electron chi connectivity index (χ0n) is 12.1. The number of carbonyl (C=O) groups is 1. The third kappa shape index (κ3) is 2.64. The summed E-state index contributed by atoms with van der Waals surface area (Å²) < 4.78 is 0. The van der Waals surface area contributed by atoms with Crippen LogP contribution in [0.3, 0.4) is 0 Å². The average molecular weight is 288 g/mol. The molecule has 0 spiro atoms. The maximum atomic E-state index is 12.3. The van der Waals surface area contributed by atoms with Crippen molar-refractivity contribution in [3.05, 3.63) is 39.9 Å². The van der Waals surface area contributed by atoms with Crippen LogP contribution in [0.2, 0.25) is 0 Å². The number of amides is 1. The number of nitro groups is 1. The van der Waals surface area contributed by atoms with E-state index in [0.717, 1.165) is 11.8 Å². The summed E-state index contributed by atoms with van der Waals surface area (Å²) in [6.45, 7) is 2.03. The van der Waals surface area contributed by atoms with E-state index >= 15 is 0 Å². The quantitative estimate of drug-likeness (QED) is 0.683. The summed E-state index contributed by atoms with van der Waals surface area (Å²) >= 11 is 0. The third-order valence-corrected chi connectivity index (χ3v) is 5.14. The molecule has 0 radical (unpaired) electrons. The summed E-state index contributed by atoms with van der Waals surface area (Å²) in [6, 6.07) is 6.20. The fourth-order valence-electron chi connectivity index (χ4n) is 4.12. The predicted molar refractivity (Wildman–Crippen MR) is 79.0 cm³/mol. The van der Waals surface area contributed by atoms with Crippen LogP contribution in [0.5, 0.6) is 0 Å². The van der Waals surface area contributed by atoms with Crippen LogP contribution < -0.4 is 5.32 Å². The van der Waals surface area contributed by atoms with Gasteiger partial charge < -0.3 is 5.32 Å². The molecule has 5 heteroatoms. The standard InChI is InChI=1S/C16H20N2O3/c1-10(14-9-11-6-7-12(14)8-11)17-16(19)13-4-2-3-5-15(13)18(20)21/h2-5,10-12,14H,6-9H2,1H3,(H,17,19)/t10-,11-,12-,14+/m0/s1. The Morgan fingerprint density at radius 3 is 2.71 bits per heavy atom. The molecule has 5 nitrogen and oxygen atoms in total. The van der Waals surface area contributed by atoms with E-state index in [4.69, 9.17) is 0 Å². The van der Waals surface area contributed by atoms with Gasteiger partial charge in [0.25, 0.3) is 11.6 Å². The molecule has 2 saturated carbocycles. The second kappa shape index (κ2) is 5.47. The first-order valence-corrected chi connectivity index (χ1v) is 7.60. The fourth-order valence-corrected chi connectivity index (χ4v) is 4.12. The molecular weight excluding hydrogens is 268 g/mol. The molecule has 1 N–H and O–H groups in total. The molecule has 2 aliphatic rings. The van der Waals surface area contributed by atoms with Crippen molar-refractivity contribution in [2.24, 2.45) is 17.8 Å². The molecule has 0 aromatic heterocycles. The highest BCUT2D eigenvalue weighted by Crippen LogP contribution is 2.49. The van der Waals surface area contributed by atoms with Crippen molar-refractivity contribution in [3.8, 4) is 0 Å². The molecule has 0 aliphatic heterocycles. The van der Waals surface area contributed by atoms with Crippen LogP contribution in [0.15, 0.2) is 24.3 Å². The van der Waals surface area contributed by atoms with Gasteiger partial charge in [0.05, 0.1) is 4.92 Å². The Labute approximate surface area is 123 Å². The second-order valence-corrected chi connectivity index (χ2v) is 6.38. The van der Waals surface area contributed by atoms with Gasteiger partial charge in [-0.15, -0.1) is 0 Å². The normalized spacial score (nSPS) is 28.3. The van der Waals surface area contributed by atoms with Gasteiger partial charge in [-0.05, 0) is 50.0 Å². The van der Waals surface area contributed by atoms with E-state index in [2.05, 4.69) is 5.32 Å². The van der Waals surface area contributed by atoms with E-state index in [1.165, 1.54) is 37.8 Å². The van der Waals surface area contributed by atoms with E-state index < -0.39 is 4.92 Å². The number of rotatable bonds is 4. The summed E-state index contributed by atoms with van der Waals surface area (Å²) in [6.07, 6.45) is 5.06. The molecule has 4 atom stereocenters. The molecule has 112 valence electrons. The Kier molecular flexibility index (Phi) is 3.66. The van der Waals surface area contributed by atoms with Gasteiger partial charge in [0.15, 0.2) is 0 Å². The Balaban J connectivity index is 1.70. The lowest BCUT2D eigenvalue weighted by molar-refractivity contribution is -0.385. The smallest absolute Gasteiger partial charge is 0.282 e. The van der Waals surface area contributed by atoms with Crippen molar-refractivity contribution in [2.45, 2.75) is 38.6 Å². The van der Waals surface area contributed by atoms with Crippen LogP contribution in [0.4, 0.5) is 5.69 Å². The van der Waals surface area contributed by atoms with Crippen molar-refractivity contribution in [3.63, 3.8) is 0 Å². The number of fused-ring (bicyclic) bond motifs is 2. The minimum atomic E-state index is -0.503. The SMILES string of the molecule is C[C@H](NC(=O)c1ccccc1[N+](=O)[O-])[C@H]1C[C@H]2CC[C@H]1C2. The van der Waals surface area contributed by atoms with Gasteiger partial charge >= 0.3 is 0 Å². The zero-order chi connectivity index (χ0) is 15.0. The lowest BCUT2D eigenvalue weighted by Crippen LogP contribution is -2.40. The van der Waals surface area contributed by atoms with Crippen LogP contribution in [0, 0.1) is 27.9 Å². The average Bonchev–Trinajstić information content (AvgIpc) is 3.09. The molecule has 1 amide bonds. The number of nitro benzene ring substituents is 1. The topological polar surface area (TPSA) is 72.2 Å². The fraction of sp³-hybridized carbons (Fsp3) is 0.562. The van der Waals surface area contributed by atoms with Gasteiger partial charge in [0.2, 0.25) is 0 Å². The first-order chi connectivity index (χ1) is 10.1. The third-order valence-electron chi connectivity index (χ3n) is 5.14. The van der Waals surface area contributed by atoms with Crippen LogP contribution in [0.1, 0.15) is 43.0 Å². The molecule has 1 aromatic carbocycles. The molecule has 0 heterocycles. The van der Waals surface area contributed by atoms with Crippen molar-refractivity contribution in [1.29, 1.82) is 0 Å². The van der Waals surface area contributed by atoms with Gasteiger partial charge in [-0.1, -0.05) is 18.6 Å². The second-order valence-electron chi connectivity index (χ2n) is 6.38. The number of hydrogen-bond donors (Lipinski definition) is 1. The van der Waals surface area contributed by atoms with E-state index in [1.807, 2.05) is 6.92 Å². The molecular formula is C16H20N2O3. The first kappa shape index (κ1) is 14.0. The minimum Gasteiger partial charge on any atom is -0.349 e. The molecule has 0 unspecified atom stereocenters. The molecule has 0 saturated heterocycles. The lowest BCUT2D eigenvalue weighted by atomic mass is 9.84. The van der Waals surface area contributed by atoms with E-state index in [1.54, 1.807) is 12.1 Å². The highest BCUT2D eigenvalue weighted by atomic mass is 16.6. The van der Waals surface area contributed by atoms with Gasteiger partial charge in [0.1, 0.15) is 5.56 Å². The Bertz CT molecular complexity index is 572. The lowest BCUT2D eigenvalue weighted by Gasteiger charge is -2.28. The molecule has 2 aliphatic carbocycles. The predicted octanol–water partition coefficient (Wildman–Crippen LogP) is 3.15. The highest BCUT2D eigenvalue weighted by molar-refractivity contribution is 5.98. The molecule has 2 fully saturated rings. The number of para-hydroxylation sites is 1. The van der Waals surface area contributed by atoms with Gasteiger partial charge in [0, 0.05) is 12.1 Å². The van der Waals surface area contributed by atoms with E-state index in [0.29, 0.717) is 5.92 Å². The number of nitrogens with zero attached hydrogens (tertiary/aromatic N) is 1. The van der Waals surface area contributed by atoms with Crippen molar-refractivity contribution < 1.29 is 9.72 Å². The molecule has 21 heavy (non-hydrogen) atoms. The van der Waals surface area contributed by atoms with Crippen molar-refractivity contribution in [2.75, 3.05) is 0 Å². The molecule has 3 rings (SSSR count). The van der Waals surface area contributed by atoms with Crippen LogP contribution >= 0.6 is 0 Å². The number of benzene rings is 1. The maximum absolute atomic E-state index is 12.3. The van der Waals surface area contributed by atoms with Crippen molar-refractivity contribution >= 4 is 11.6 Å². The van der Waals surface area contributed by atoms with E-state index in [9.17, 15) is 14.9 Å². The van der Waals surface area contributed by atoms with Crippen LogP contribution in [0.25, 0.3) is 0 Å². The Hall–Kier alpha value is -1.91. The Morgan fingerprint density at radius 2 is 2.10 bits per heavy atom. The summed E-state index contributed by atoms with van der Waals surface area (Å²) in [4.78, 5) is 22.8. The van der Waals surface area contributed by atoms with E-state index in [-0.39, 0.29) is 23.2 Å². The molecule has 1 aromatic rings. The van der Waals surface area contributed by atoms with Gasteiger partial charge in [-0.2, -0.15) is 0 Å². The van der Waals surface area contributed by atoms with Gasteiger partial charge in [-0.3, -0.25) is 14.9 Å². The van der Waals surface area contributed by atoms with Crippen LogP contribution in [-0.2, 0) is 0 Å². The zero-order valence-corrected chi connectivity index (χ0v) is 12.1. The summed E-state index contributed by atoms with van der Waals surface area (Å²) in [7, 11) is 0. The highest BCUT2D eigenvalue weighted by Gasteiger charge is 2.42. The van der Waals surface area contributed by atoms with Gasteiger partial charge in [-0.25, -0.2) is 0 Å².